The fraction of sp³-hybridized carbons (Fsp3) is 0.227. The minimum Gasteiger partial charge on any atom is -0.491 e. The van der Waals surface area contributed by atoms with E-state index in [9.17, 15) is 13.6 Å². The Morgan fingerprint density at radius 3 is 2.63 bits per heavy atom. The predicted octanol–water partition coefficient (Wildman–Crippen LogP) is 4.17. The molecule has 2 heterocycles. The van der Waals surface area contributed by atoms with Gasteiger partial charge in [-0.05, 0) is 41.3 Å². The zero-order valence-corrected chi connectivity index (χ0v) is 14.8. The molecular weight excluding hydrogens is 392 g/mol. The third-order valence-electron chi connectivity index (χ3n) is 3.29. The lowest BCUT2D eigenvalue weighted by molar-refractivity contribution is -0.158. The Hall–Kier alpha value is -3.55. The van der Waals surface area contributed by atoms with Gasteiger partial charge in [-0.25, -0.2) is 9.97 Å². The standard InChI is InChI=1S/C22H19F2N3O3/c1-22(23,24)30-17-6-3-15(4-7-17)16-5-8-19-18(13-16)21(28)27(11-12-29-19)14-20-25-9-2-10-26-20/h2-10,13H,11-12,14H2,1H3/i2D,3D,4D,5D,6D,7D,8D,9D,10D,11D2,12D2,13D,14D2. The minimum absolute atomic E-state index is 0.255. The molecule has 0 bridgehead atoms. The predicted molar refractivity (Wildman–Crippen MR) is 105 cm³/mol. The molecule has 0 spiro atoms. The largest absolute Gasteiger partial charge is 0.491 e. The summed E-state index contributed by atoms with van der Waals surface area (Å²) in [5.74, 6) is -5.66. The second-order valence-corrected chi connectivity index (χ2v) is 5.53. The molecule has 1 aliphatic heterocycles. The van der Waals surface area contributed by atoms with Crippen LogP contribution in [0.25, 0.3) is 11.1 Å². The number of alkyl halides is 2. The summed E-state index contributed by atoms with van der Waals surface area (Å²) in [6.07, 6.45) is -6.01. The van der Waals surface area contributed by atoms with E-state index in [1.807, 2.05) is 0 Å². The first kappa shape index (κ1) is 8.29. The Labute approximate surface area is 194 Å². The summed E-state index contributed by atoms with van der Waals surface area (Å²) in [5.41, 5.74) is -3.29. The first-order chi connectivity index (χ1) is 20.8. The van der Waals surface area contributed by atoms with Gasteiger partial charge in [0.2, 0.25) is 0 Å². The Morgan fingerprint density at radius 1 is 1.23 bits per heavy atom. The van der Waals surface area contributed by atoms with Gasteiger partial charge in [0.05, 0.1) is 40.5 Å². The Morgan fingerprint density at radius 2 is 1.93 bits per heavy atom. The molecule has 1 aromatic heterocycles. The van der Waals surface area contributed by atoms with E-state index in [-0.39, 0.29) is 6.92 Å². The number of hydrogen-bond donors (Lipinski definition) is 0. The van der Waals surface area contributed by atoms with Gasteiger partial charge >= 0.3 is 6.11 Å². The Bertz CT molecular complexity index is 1770. The molecule has 0 N–H and O–H groups in total. The van der Waals surface area contributed by atoms with Crippen molar-refractivity contribution in [3.8, 4) is 22.6 Å². The van der Waals surface area contributed by atoms with E-state index in [0.29, 0.717) is 0 Å². The van der Waals surface area contributed by atoms with Crippen LogP contribution in [0, 0.1) is 0 Å². The summed E-state index contributed by atoms with van der Waals surface area (Å²) in [5, 5.41) is 0. The maximum Gasteiger partial charge on any atom is 0.394 e. The molecule has 0 aliphatic carbocycles. The lowest BCUT2D eigenvalue weighted by Gasteiger charge is -2.19. The van der Waals surface area contributed by atoms with Gasteiger partial charge in [0.15, 0.2) is 0 Å². The third-order valence-corrected chi connectivity index (χ3v) is 3.29. The van der Waals surface area contributed by atoms with E-state index in [1.165, 1.54) is 0 Å². The zero-order valence-electron chi connectivity index (χ0n) is 30.8. The van der Waals surface area contributed by atoms with Crippen molar-refractivity contribution in [2.75, 3.05) is 13.1 Å². The quantitative estimate of drug-likeness (QED) is 0.612. The molecule has 0 saturated heterocycles. The van der Waals surface area contributed by atoms with Crippen molar-refractivity contribution < 1.29 is 45.0 Å². The number of nitrogens with zero attached hydrogens (tertiary/aromatic N) is 3. The number of benzene rings is 2. The number of aromatic nitrogens is 2. The lowest BCUT2D eigenvalue weighted by Crippen LogP contribution is -2.32. The molecule has 3 aromatic rings. The molecule has 6 nitrogen and oxygen atoms in total. The molecule has 154 valence electrons. The van der Waals surface area contributed by atoms with Crippen LogP contribution in [0.2, 0.25) is 0 Å². The van der Waals surface area contributed by atoms with Crippen molar-refractivity contribution in [3.63, 3.8) is 0 Å². The number of amides is 1. The van der Waals surface area contributed by atoms with E-state index in [2.05, 4.69) is 14.7 Å². The van der Waals surface area contributed by atoms with Gasteiger partial charge in [-0.1, -0.05) is 18.1 Å². The molecule has 0 radical (unpaired) electrons. The maximum atomic E-state index is 14.1. The molecule has 0 unspecified atom stereocenters. The van der Waals surface area contributed by atoms with E-state index in [1.54, 1.807) is 0 Å². The highest BCUT2D eigenvalue weighted by Gasteiger charge is 2.25. The van der Waals surface area contributed by atoms with Gasteiger partial charge < -0.3 is 14.4 Å². The summed E-state index contributed by atoms with van der Waals surface area (Å²) in [6.45, 7) is -11.1. The topological polar surface area (TPSA) is 64.6 Å². The van der Waals surface area contributed by atoms with Crippen molar-refractivity contribution in [3.05, 3.63) is 72.1 Å². The first-order valence-corrected chi connectivity index (χ1v) is 7.96. The Kier molecular flexibility index (Phi) is 2.23. The van der Waals surface area contributed by atoms with Crippen molar-refractivity contribution in [2.24, 2.45) is 0 Å². The van der Waals surface area contributed by atoms with Crippen molar-refractivity contribution in [1.29, 1.82) is 0 Å². The van der Waals surface area contributed by atoms with Crippen molar-refractivity contribution in [1.82, 2.24) is 14.9 Å². The molecule has 4 rings (SSSR count). The molecule has 0 fully saturated rings. The van der Waals surface area contributed by atoms with Crippen LogP contribution >= 0.6 is 0 Å². The summed E-state index contributed by atoms with van der Waals surface area (Å²) in [4.78, 5) is 20.4. The average molecular weight is 428 g/mol. The lowest BCUT2D eigenvalue weighted by atomic mass is 10.0. The molecule has 1 amide bonds. The summed E-state index contributed by atoms with van der Waals surface area (Å²) in [6, 6.07) is -9.33. The minimum atomic E-state index is -3.97. The molecule has 0 atom stereocenters. The normalized spacial score (nSPS) is 25.4. The van der Waals surface area contributed by atoms with E-state index >= 15 is 0 Å². The monoisotopic (exact) mass is 427 g/mol. The van der Waals surface area contributed by atoms with Crippen LogP contribution in [0.1, 0.15) is 45.0 Å². The van der Waals surface area contributed by atoms with E-state index in [0.717, 1.165) is 0 Å². The highest BCUT2D eigenvalue weighted by atomic mass is 19.3. The number of carbonyl (C=O) groups is 1. The van der Waals surface area contributed by atoms with Crippen molar-refractivity contribution >= 4 is 5.91 Å². The number of carbonyl (C=O) groups excluding carboxylic acids is 1. The van der Waals surface area contributed by atoms with Crippen LogP contribution in [0.5, 0.6) is 11.5 Å². The van der Waals surface area contributed by atoms with E-state index < -0.39 is 131 Å². The highest BCUT2D eigenvalue weighted by Crippen LogP contribution is 2.31. The van der Waals surface area contributed by atoms with Gasteiger partial charge in [0, 0.05) is 19.3 Å². The fourth-order valence-electron chi connectivity index (χ4n) is 2.13. The third kappa shape index (κ3) is 4.53. The molecule has 0 saturated carbocycles. The molecule has 8 heteroatoms. The first-order valence-electron chi connectivity index (χ1n) is 16.0. The van der Waals surface area contributed by atoms with E-state index in [4.69, 9.17) is 26.7 Å². The number of rotatable bonds is 5. The molecule has 2 aromatic carbocycles. The number of fused-ring (bicyclic) bond motifs is 1. The summed E-state index contributed by atoms with van der Waals surface area (Å²) >= 11 is 0. The molecule has 1 aliphatic rings. The van der Waals surface area contributed by atoms with Crippen LogP contribution in [0.4, 0.5) is 8.78 Å². The van der Waals surface area contributed by atoms with Crippen LogP contribution in [0.15, 0.2) is 60.7 Å². The van der Waals surface area contributed by atoms with Crippen LogP contribution in [-0.2, 0) is 6.50 Å². The molecule has 30 heavy (non-hydrogen) atoms. The highest BCUT2D eigenvalue weighted by molar-refractivity contribution is 5.98. The van der Waals surface area contributed by atoms with Crippen molar-refractivity contribution in [2.45, 2.75) is 19.5 Å². The second-order valence-electron chi connectivity index (χ2n) is 5.53. The summed E-state index contributed by atoms with van der Waals surface area (Å²) in [7, 11) is 0. The second kappa shape index (κ2) is 8.06. The SMILES string of the molecule is [2H]c1nc(C([2H])([2H])N2C(=O)c3c([2H])c(-c4c([2H])c([2H])c(OC(C)(F)F)c([2H])c4[2H])c([2H])c([2H])c3OC([2H])([2H])C2([2H])[2H])nc([2H])c1[2H]. The van der Waals surface area contributed by atoms with Gasteiger partial charge in [-0.15, -0.1) is 0 Å². The Balaban J connectivity index is 2.10. The number of halogens is 2. The molecular formula is C22H19F2N3O3. The smallest absolute Gasteiger partial charge is 0.394 e. The van der Waals surface area contributed by atoms with Gasteiger partial charge in [-0.3, -0.25) is 4.79 Å². The van der Waals surface area contributed by atoms with Gasteiger partial charge in [-0.2, -0.15) is 8.78 Å². The number of ether oxygens (including phenoxy) is 2. The van der Waals surface area contributed by atoms with Gasteiger partial charge in [0.25, 0.3) is 5.91 Å². The van der Waals surface area contributed by atoms with Gasteiger partial charge in [0.1, 0.15) is 23.9 Å². The zero-order chi connectivity index (χ0) is 35.2. The number of hydrogen-bond acceptors (Lipinski definition) is 5. The fourth-order valence-corrected chi connectivity index (χ4v) is 2.13. The average Bonchev–Trinajstić information content (AvgIpc) is 2.98. The van der Waals surface area contributed by atoms with Crippen LogP contribution in [-0.4, -0.2) is 39.9 Å². The summed E-state index contributed by atoms with van der Waals surface area (Å²) < 4.78 is 168. The van der Waals surface area contributed by atoms with Crippen LogP contribution in [0.3, 0.4) is 0 Å². The maximum absolute atomic E-state index is 14.1. The van der Waals surface area contributed by atoms with Crippen LogP contribution < -0.4 is 9.47 Å².